The summed E-state index contributed by atoms with van der Waals surface area (Å²) < 4.78 is 9.40. The molecule has 0 spiro atoms. The first kappa shape index (κ1) is 16.4. The Morgan fingerprint density at radius 3 is 2.29 bits per heavy atom. The molecule has 1 heterocycles. The molecule has 1 aromatic rings. The fourth-order valence-electron chi connectivity index (χ4n) is 1.44. The summed E-state index contributed by atoms with van der Waals surface area (Å²) in [7, 11) is 0. The van der Waals surface area contributed by atoms with E-state index in [1.54, 1.807) is 13.8 Å². The fourth-order valence-corrected chi connectivity index (χ4v) is 1.44. The molecule has 0 saturated carbocycles. The number of hydrogen-bond donors (Lipinski definition) is 2. The number of nitrogens with one attached hydrogen (secondary N) is 1. The van der Waals surface area contributed by atoms with Crippen molar-refractivity contribution in [3.05, 3.63) is 24.0 Å². The molecule has 0 saturated heterocycles. The Labute approximate surface area is 121 Å². The number of aromatic nitrogens is 1. The van der Waals surface area contributed by atoms with Crippen molar-refractivity contribution < 1.29 is 29.0 Å². The number of carbonyl (C=O) groups excluding carboxylic acids is 3. The second kappa shape index (κ2) is 7.83. The third-order valence-corrected chi connectivity index (χ3v) is 2.32. The van der Waals surface area contributed by atoms with Crippen molar-refractivity contribution in [3.63, 3.8) is 0 Å². The van der Waals surface area contributed by atoms with Crippen LogP contribution in [0.15, 0.2) is 18.3 Å². The third-order valence-electron chi connectivity index (χ3n) is 2.32. The van der Waals surface area contributed by atoms with Crippen molar-refractivity contribution in [1.29, 1.82) is 0 Å². The smallest absolute Gasteiger partial charge is 0.340 e. The third kappa shape index (κ3) is 4.44. The lowest BCUT2D eigenvalue weighted by molar-refractivity contribution is -0.157. The monoisotopic (exact) mass is 296 g/mol. The molecule has 21 heavy (non-hydrogen) atoms. The van der Waals surface area contributed by atoms with E-state index in [1.807, 2.05) is 0 Å². The molecule has 0 unspecified atom stereocenters. The average Bonchev–Trinajstić information content (AvgIpc) is 2.45. The number of amides is 1. The van der Waals surface area contributed by atoms with Crippen LogP contribution in [0, 0.1) is 0 Å². The Morgan fingerprint density at radius 1 is 1.24 bits per heavy atom. The number of rotatable bonds is 6. The van der Waals surface area contributed by atoms with Crippen molar-refractivity contribution in [3.8, 4) is 5.75 Å². The molecule has 2 N–H and O–H groups in total. The van der Waals surface area contributed by atoms with Crippen LogP contribution in [0.5, 0.6) is 5.75 Å². The van der Waals surface area contributed by atoms with Crippen molar-refractivity contribution >= 4 is 17.8 Å². The predicted octanol–water partition coefficient (Wildman–Crippen LogP) is 0.0118. The molecule has 8 nitrogen and oxygen atoms in total. The summed E-state index contributed by atoms with van der Waals surface area (Å²) in [5.74, 6) is -3.15. The largest absolute Gasteiger partial charge is 0.505 e. The lowest BCUT2D eigenvalue weighted by Gasteiger charge is -2.15. The van der Waals surface area contributed by atoms with Crippen molar-refractivity contribution in [1.82, 2.24) is 10.3 Å². The number of esters is 2. The SMILES string of the molecule is CCOC(=O)C(NC(=O)c1ncccc1O)C(=O)OCC. The van der Waals surface area contributed by atoms with Gasteiger partial charge in [-0.1, -0.05) is 0 Å². The van der Waals surface area contributed by atoms with Crippen molar-refractivity contribution in [2.75, 3.05) is 13.2 Å². The highest BCUT2D eigenvalue weighted by Gasteiger charge is 2.32. The molecule has 1 aromatic heterocycles. The van der Waals surface area contributed by atoms with Gasteiger partial charge in [-0.25, -0.2) is 14.6 Å². The molecular formula is C13H16N2O6. The zero-order valence-electron chi connectivity index (χ0n) is 11.7. The van der Waals surface area contributed by atoms with E-state index < -0.39 is 23.9 Å². The highest BCUT2D eigenvalue weighted by atomic mass is 16.6. The van der Waals surface area contributed by atoms with E-state index >= 15 is 0 Å². The molecule has 0 fully saturated rings. The number of hydrogen-bond acceptors (Lipinski definition) is 7. The van der Waals surface area contributed by atoms with Gasteiger partial charge in [-0.2, -0.15) is 0 Å². The van der Waals surface area contributed by atoms with Crippen LogP contribution in [0.4, 0.5) is 0 Å². The molecule has 8 heteroatoms. The lowest BCUT2D eigenvalue weighted by atomic mass is 10.2. The zero-order chi connectivity index (χ0) is 15.8. The summed E-state index contributed by atoms with van der Waals surface area (Å²) in [5, 5.41) is 11.7. The Balaban J connectivity index is 2.90. The van der Waals surface area contributed by atoms with E-state index in [0.717, 1.165) is 0 Å². The second-order valence-electron chi connectivity index (χ2n) is 3.78. The molecule has 0 aliphatic rings. The molecule has 0 aliphatic heterocycles. The van der Waals surface area contributed by atoms with E-state index in [-0.39, 0.29) is 24.7 Å². The van der Waals surface area contributed by atoms with Crippen LogP contribution < -0.4 is 5.32 Å². The molecule has 1 rings (SSSR count). The van der Waals surface area contributed by atoms with Crippen LogP contribution in [0.1, 0.15) is 24.3 Å². The number of pyridine rings is 1. The Bertz CT molecular complexity index is 513. The molecule has 0 aromatic carbocycles. The van der Waals surface area contributed by atoms with Gasteiger partial charge in [0.15, 0.2) is 5.69 Å². The van der Waals surface area contributed by atoms with Gasteiger partial charge in [-0.3, -0.25) is 4.79 Å². The van der Waals surface area contributed by atoms with Crippen molar-refractivity contribution in [2.45, 2.75) is 19.9 Å². The highest BCUT2D eigenvalue weighted by molar-refractivity contribution is 6.05. The summed E-state index contributed by atoms with van der Waals surface area (Å²) in [6.07, 6.45) is 1.29. The summed E-state index contributed by atoms with van der Waals surface area (Å²) >= 11 is 0. The summed E-state index contributed by atoms with van der Waals surface area (Å²) in [6.45, 7) is 3.21. The van der Waals surface area contributed by atoms with Gasteiger partial charge in [-0.05, 0) is 26.0 Å². The van der Waals surface area contributed by atoms with Crippen LogP contribution >= 0.6 is 0 Å². The minimum Gasteiger partial charge on any atom is -0.505 e. The first-order chi connectivity index (χ1) is 10.0. The van der Waals surface area contributed by atoms with Crippen LogP contribution in [0.2, 0.25) is 0 Å². The first-order valence-corrected chi connectivity index (χ1v) is 6.29. The van der Waals surface area contributed by atoms with E-state index in [9.17, 15) is 19.5 Å². The predicted molar refractivity (Wildman–Crippen MR) is 70.4 cm³/mol. The van der Waals surface area contributed by atoms with Gasteiger partial charge < -0.3 is 19.9 Å². The number of aromatic hydroxyl groups is 1. The molecule has 0 bridgehead atoms. The van der Waals surface area contributed by atoms with E-state index in [4.69, 9.17) is 9.47 Å². The van der Waals surface area contributed by atoms with Crippen LogP contribution in [-0.4, -0.2) is 47.2 Å². The highest BCUT2D eigenvalue weighted by Crippen LogP contribution is 2.12. The van der Waals surface area contributed by atoms with E-state index in [2.05, 4.69) is 10.3 Å². The maximum atomic E-state index is 11.9. The Hall–Kier alpha value is -2.64. The van der Waals surface area contributed by atoms with Gasteiger partial charge in [0.1, 0.15) is 5.75 Å². The van der Waals surface area contributed by atoms with Gasteiger partial charge in [0.2, 0.25) is 6.04 Å². The maximum absolute atomic E-state index is 11.9. The van der Waals surface area contributed by atoms with Crippen LogP contribution in [0.3, 0.4) is 0 Å². The Morgan fingerprint density at radius 2 is 1.81 bits per heavy atom. The molecule has 0 radical (unpaired) electrons. The zero-order valence-corrected chi connectivity index (χ0v) is 11.7. The summed E-state index contributed by atoms with van der Waals surface area (Å²) in [5.41, 5.74) is -0.309. The van der Waals surface area contributed by atoms with Gasteiger partial charge in [0, 0.05) is 6.20 Å². The topological polar surface area (TPSA) is 115 Å². The maximum Gasteiger partial charge on any atom is 0.340 e. The van der Waals surface area contributed by atoms with E-state index in [1.165, 1.54) is 18.3 Å². The minimum absolute atomic E-state index is 0.0411. The molecule has 0 atom stereocenters. The molecule has 114 valence electrons. The van der Waals surface area contributed by atoms with Crippen LogP contribution in [0.25, 0.3) is 0 Å². The lowest BCUT2D eigenvalue weighted by Crippen LogP contribution is -2.48. The van der Waals surface area contributed by atoms with Gasteiger partial charge >= 0.3 is 11.9 Å². The summed E-state index contributed by atoms with van der Waals surface area (Å²) in [4.78, 5) is 39.0. The number of carbonyl (C=O) groups is 3. The van der Waals surface area contributed by atoms with Crippen LogP contribution in [-0.2, 0) is 19.1 Å². The Kier molecular flexibility index (Phi) is 6.12. The van der Waals surface area contributed by atoms with Crippen molar-refractivity contribution in [2.24, 2.45) is 0 Å². The van der Waals surface area contributed by atoms with Gasteiger partial charge in [0.25, 0.3) is 5.91 Å². The number of nitrogens with zero attached hydrogens (tertiary/aromatic N) is 1. The quantitative estimate of drug-likeness (QED) is 0.561. The normalized spacial score (nSPS) is 10.0. The first-order valence-electron chi connectivity index (χ1n) is 6.29. The average molecular weight is 296 g/mol. The molecular weight excluding hydrogens is 280 g/mol. The van der Waals surface area contributed by atoms with Gasteiger partial charge in [-0.15, -0.1) is 0 Å². The molecule has 1 amide bonds. The molecule has 0 aliphatic carbocycles. The van der Waals surface area contributed by atoms with Gasteiger partial charge in [0.05, 0.1) is 13.2 Å². The number of ether oxygens (including phenoxy) is 2. The van der Waals surface area contributed by atoms with E-state index in [0.29, 0.717) is 0 Å². The second-order valence-corrected chi connectivity index (χ2v) is 3.78. The fraction of sp³-hybridized carbons (Fsp3) is 0.385. The standard InChI is InChI=1S/C13H16N2O6/c1-3-20-12(18)10(13(19)21-4-2)15-11(17)9-8(16)6-5-7-14-9/h5-7,10,16H,3-4H2,1-2H3,(H,15,17). The minimum atomic E-state index is -1.61. The summed E-state index contributed by atoms with van der Waals surface area (Å²) in [6, 6.07) is 1.07.